The van der Waals surface area contributed by atoms with E-state index in [1.165, 1.54) is 24.5 Å². The van der Waals surface area contributed by atoms with E-state index in [4.69, 9.17) is 9.15 Å². The normalized spacial score (nSPS) is 11.9. The molecule has 0 aliphatic carbocycles. The summed E-state index contributed by atoms with van der Waals surface area (Å²) in [6, 6.07) is 5.44. The van der Waals surface area contributed by atoms with Crippen molar-refractivity contribution in [3.8, 4) is 10.6 Å². The molecule has 25 heavy (non-hydrogen) atoms. The zero-order chi connectivity index (χ0) is 17.8. The highest BCUT2D eigenvalue weighted by Crippen LogP contribution is 2.29. The second-order valence-electron chi connectivity index (χ2n) is 5.29. The summed E-state index contributed by atoms with van der Waals surface area (Å²) in [6.07, 6.45) is 0.622. The van der Waals surface area contributed by atoms with Crippen molar-refractivity contribution in [1.29, 1.82) is 0 Å². The van der Waals surface area contributed by atoms with Gasteiger partial charge in [0, 0.05) is 10.9 Å². The highest BCUT2D eigenvalue weighted by atomic mass is 32.1. The fraction of sp³-hybridized carbons (Fsp3) is 0.235. The van der Waals surface area contributed by atoms with Crippen LogP contribution in [0.15, 0.2) is 39.6 Å². The number of carbonyl (C=O) groups is 2. The quantitative estimate of drug-likeness (QED) is 0.664. The molecular weight excluding hydrogens is 360 g/mol. The number of aromatic nitrogens is 1. The monoisotopic (exact) mass is 376 g/mol. The number of carbonyl (C=O) groups excluding carboxylic acids is 2. The van der Waals surface area contributed by atoms with Crippen LogP contribution >= 0.6 is 22.7 Å². The second kappa shape index (κ2) is 7.62. The van der Waals surface area contributed by atoms with Crippen molar-refractivity contribution in [1.82, 2.24) is 10.3 Å². The Morgan fingerprint density at radius 2 is 2.24 bits per heavy atom. The molecule has 0 bridgehead atoms. The maximum absolute atomic E-state index is 12.3. The fourth-order valence-corrected chi connectivity index (χ4v) is 3.75. The van der Waals surface area contributed by atoms with E-state index < -0.39 is 12.1 Å². The topological polar surface area (TPSA) is 81.4 Å². The zero-order valence-corrected chi connectivity index (χ0v) is 15.3. The van der Waals surface area contributed by atoms with Crippen molar-refractivity contribution in [3.63, 3.8) is 0 Å². The summed E-state index contributed by atoms with van der Waals surface area (Å²) in [6.45, 7) is 3.53. The van der Waals surface area contributed by atoms with E-state index in [2.05, 4.69) is 10.3 Å². The summed E-state index contributed by atoms with van der Waals surface area (Å²) < 4.78 is 10.4. The molecule has 1 amide bonds. The SMILES string of the molecule is Cc1nc(-c2ccsc2)sc1C(=O)O[C@@H](C)C(=O)NCc1ccco1. The predicted octanol–water partition coefficient (Wildman–Crippen LogP) is 3.63. The molecular formula is C17H16N2O4S2. The lowest BCUT2D eigenvalue weighted by Gasteiger charge is -2.12. The first-order valence-corrected chi connectivity index (χ1v) is 9.31. The zero-order valence-electron chi connectivity index (χ0n) is 13.6. The molecule has 0 aliphatic heterocycles. The minimum absolute atomic E-state index is 0.246. The van der Waals surface area contributed by atoms with Gasteiger partial charge < -0.3 is 14.5 Å². The number of ether oxygens (including phenoxy) is 1. The number of nitrogens with zero attached hydrogens (tertiary/aromatic N) is 1. The molecule has 0 radical (unpaired) electrons. The summed E-state index contributed by atoms with van der Waals surface area (Å²) in [5.41, 5.74) is 1.57. The number of nitrogens with one attached hydrogen (secondary N) is 1. The predicted molar refractivity (Wildman–Crippen MR) is 95.6 cm³/mol. The number of thiophene rings is 1. The van der Waals surface area contributed by atoms with Crippen LogP contribution in [0, 0.1) is 6.92 Å². The number of thiazole rings is 1. The number of aryl methyl sites for hydroxylation is 1. The van der Waals surface area contributed by atoms with E-state index in [0.717, 1.165) is 10.6 Å². The molecule has 3 rings (SSSR count). The van der Waals surface area contributed by atoms with Crippen LogP contribution in [0.25, 0.3) is 10.6 Å². The summed E-state index contributed by atoms with van der Waals surface area (Å²) >= 11 is 2.83. The lowest BCUT2D eigenvalue weighted by Crippen LogP contribution is -2.35. The van der Waals surface area contributed by atoms with Crippen LogP contribution in [0.2, 0.25) is 0 Å². The van der Waals surface area contributed by atoms with Gasteiger partial charge in [-0.05, 0) is 37.4 Å². The lowest BCUT2D eigenvalue weighted by atomic mass is 10.3. The van der Waals surface area contributed by atoms with E-state index in [-0.39, 0.29) is 12.5 Å². The van der Waals surface area contributed by atoms with Crippen molar-refractivity contribution in [2.24, 2.45) is 0 Å². The average Bonchev–Trinajstić information content (AvgIpc) is 3.33. The molecule has 3 heterocycles. The third-order valence-corrected chi connectivity index (χ3v) is 5.29. The molecule has 1 atom stereocenters. The van der Waals surface area contributed by atoms with Gasteiger partial charge >= 0.3 is 5.97 Å². The van der Waals surface area contributed by atoms with Gasteiger partial charge in [-0.2, -0.15) is 11.3 Å². The Balaban J connectivity index is 1.60. The molecule has 6 nitrogen and oxygen atoms in total. The van der Waals surface area contributed by atoms with Crippen molar-refractivity contribution < 1.29 is 18.7 Å². The van der Waals surface area contributed by atoms with Gasteiger partial charge in [-0.25, -0.2) is 9.78 Å². The van der Waals surface area contributed by atoms with Gasteiger partial charge in [0.1, 0.15) is 15.6 Å². The Labute approximate surface area is 152 Å². The molecule has 0 saturated carbocycles. The number of amides is 1. The minimum atomic E-state index is -0.909. The summed E-state index contributed by atoms with van der Waals surface area (Å²) in [4.78, 5) is 29.2. The third-order valence-electron chi connectivity index (χ3n) is 3.42. The van der Waals surface area contributed by atoms with E-state index in [1.807, 2.05) is 16.8 Å². The molecule has 3 aromatic heterocycles. The maximum Gasteiger partial charge on any atom is 0.351 e. The number of esters is 1. The van der Waals surface area contributed by atoms with Gasteiger partial charge in [-0.1, -0.05) is 0 Å². The molecule has 1 N–H and O–H groups in total. The number of furan rings is 1. The number of hydrogen-bond acceptors (Lipinski definition) is 7. The standard InChI is InChI=1S/C17H16N2O4S2/c1-10-14(25-16(19-10)12-5-7-24-9-12)17(21)23-11(2)15(20)18-8-13-4-3-6-22-13/h3-7,9,11H,8H2,1-2H3,(H,18,20)/t11-/m0/s1. The summed E-state index contributed by atoms with van der Waals surface area (Å²) in [7, 11) is 0. The summed E-state index contributed by atoms with van der Waals surface area (Å²) in [5, 5.41) is 7.35. The van der Waals surface area contributed by atoms with Crippen LogP contribution in [0.3, 0.4) is 0 Å². The fourth-order valence-electron chi connectivity index (χ4n) is 2.09. The van der Waals surface area contributed by atoms with Crippen LogP contribution in [0.1, 0.15) is 28.0 Å². The van der Waals surface area contributed by atoms with Gasteiger partial charge in [0.15, 0.2) is 6.10 Å². The molecule has 0 unspecified atom stereocenters. The lowest BCUT2D eigenvalue weighted by molar-refractivity contribution is -0.129. The van der Waals surface area contributed by atoms with Crippen molar-refractivity contribution in [2.45, 2.75) is 26.5 Å². The largest absolute Gasteiger partial charge is 0.467 e. The maximum atomic E-state index is 12.3. The smallest absolute Gasteiger partial charge is 0.351 e. The Bertz CT molecular complexity index is 853. The molecule has 0 spiro atoms. The highest BCUT2D eigenvalue weighted by molar-refractivity contribution is 7.17. The molecule has 8 heteroatoms. The van der Waals surface area contributed by atoms with Crippen molar-refractivity contribution in [3.05, 3.63) is 51.6 Å². The molecule has 0 aliphatic rings. The molecule has 0 fully saturated rings. The molecule has 0 aromatic carbocycles. The first-order chi connectivity index (χ1) is 12.0. The first-order valence-electron chi connectivity index (χ1n) is 7.55. The van der Waals surface area contributed by atoms with Gasteiger partial charge in [0.25, 0.3) is 5.91 Å². The average molecular weight is 376 g/mol. The van der Waals surface area contributed by atoms with Gasteiger partial charge in [0.2, 0.25) is 0 Å². The van der Waals surface area contributed by atoms with Crippen LogP contribution in [0.4, 0.5) is 0 Å². The summed E-state index contributed by atoms with van der Waals surface area (Å²) in [5.74, 6) is -0.298. The van der Waals surface area contributed by atoms with Crippen LogP contribution < -0.4 is 5.32 Å². The minimum Gasteiger partial charge on any atom is -0.467 e. The van der Waals surface area contributed by atoms with E-state index >= 15 is 0 Å². The van der Waals surface area contributed by atoms with Crippen LogP contribution in [-0.2, 0) is 16.1 Å². The van der Waals surface area contributed by atoms with Gasteiger partial charge in [0.05, 0.1) is 18.5 Å². The van der Waals surface area contributed by atoms with Crippen LogP contribution in [0.5, 0.6) is 0 Å². The van der Waals surface area contributed by atoms with Gasteiger partial charge in [-0.15, -0.1) is 11.3 Å². The Kier molecular flexibility index (Phi) is 5.30. The molecule has 0 saturated heterocycles. The molecule has 130 valence electrons. The van der Waals surface area contributed by atoms with Crippen molar-refractivity contribution in [2.75, 3.05) is 0 Å². The number of hydrogen-bond donors (Lipinski definition) is 1. The third kappa shape index (κ3) is 4.15. The van der Waals surface area contributed by atoms with Gasteiger partial charge in [-0.3, -0.25) is 4.79 Å². The Hall–Kier alpha value is -2.45. The van der Waals surface area contributed by atoms with Crippen LogP contribution in [-0.4, -0.2) is 23.0 Å². The van der Waals surface area contributed by atoms with E-state index in [1.54, 1.807) is 30.4 Å². The first kappa shape index (κ1) is 17.4. The Morgan fingerprint density at radius 3 is 2.92 bits per heavy atom. The number of rotatable bonds is 6. The second-order valence-corrected chi connectivity index (χ2v) is 7.07. The molecule has 3 aromatic rings. The van der Waals surface area contributed by atoms with Crippen molar-refractivity contribution >= 4 is 34.6 Å². The Morgan fingerprint density at radius 1 is 1.40 bits per heavy atom. The highest BCUT2D eigenvalue weighted by Gasteiger charge is 2.23. The van der Waals surface area contributed by atoms with E-state index in [9.17, 15) is 9.59 Å². The van der Waals surface area contributed by atoms with E-state index in [0.29, 0.717) is 16.3 Å².